The van der Waals surface area contributed by atoms with Gasteiger partial charge in [-0.1, -0.05) is 0 Å². The zero-order valence-corrected chi connectivity index (χ0v) is 8.68. The number of carboxylic acids is 1. The summed E-state index contributed by atoms with van der Waals surface area (Å²) in [6, 6.07) is 0. The monoisotopic (exact) mass is 237 g/mol. The number of hydrogen-bond acceptors (Lipinski definition) is 5. The highest BCUT2D eigenvalue weighted by Gasteiger charge is 2.39. The predicted molar refractivity (Wildman–Crippen MR) is 52.9 cm³/mol. The van der Waals surface area contributed by atoms with Crippen LogP contribution in [0.15, 0.2) is 4.79 Å². The molecular weight excluding hydrogens is 230 g/mol. The second kappa shape index (κ2) is 3.51. The van der Waals surface area contributed by atoms with Crippen LogP contribution in [-0.2, 0) is 0 Å². The largest absolute Gasteiger partial charge is 0.475 e. The number of nitrogens with one attached hydrogen (secondary N) is 1. The zero-order valence-electron chi connectivity index (χ0n) is 8.68. The number of aromatic carboxylic acids is 1. The molecule has 0 spiro atoms. The Morgan fingerprint density at radius 3 is 2.53 bits per heavy atom. The van der Waals surface area contributed by atoms with Gasteiger partial charge in [0, 0.05) is 6.54 Å². The highest BCUT2D eigenvalue weighted by molar-refractivity contribution is 6.20. The first-order chi connectivity index (χ1) is 7.97. The standard InChI is InChI=1S/C9H7N3O5/c1-2-12-7(14)3-4(8(12)15)10-5(9(16)17)11-6(3)13/h2H2,1H3,(H,16,17)(H,10,11,13). The van der Waals surface area contributed by atoms with E-state index < -0.39 is 40.4 Å². The lowest BCUT2D eigenvalue weighted by Crippen LogP contribution is -2.30. The van der Waals surface area contributed by atoms with Crippen molar-refractivity contribution in [1.29, 1.82) is 0 Å². The Hall–Kier alpha value is -2.51. The molecule has 8 nitrogen and oxygen atoms in total. The number of carbonyl (C=O) groups is 3. The van der Waals surface area contributed by atoms with Gasteiger partial charge in [0.15, 0.2) is 0 Å². The van der Waals surface area contributed by atoms with Gasteiger partial charge in [0.1, 0.15) is 11.3 Å². The maximum atomic E-state index is 11.7. The molecule has 0 atom stereocenters. The molecule has 17 heavy (non-hydrogen) atoms. The van der Waals surface area contributed by atoms with Gasteiger partial charge in [-0.2, -0.15) is 0 Å². The molecule has 0 fully saturated rings. The first-order valence-electron chi connectivity index (χ1n) is 4.71. The molecule has 1 aromatic heterocycles. The fraction of sp³-hybridized carbons (Fsp3) is 0.222. The molecule has 1 aliphatic heterocycles. The molecule has 8 heteroatoms. The van der Waals surface area contributed by atoms with Crippen molar-refractivity contribution >= 4 is 17.8 Å². The van der Waals surface area contributed by atoms with E-state index in [1.54, 1.807) is 6.92 Å². The lowest BCUT2D eigenvalue weighted by atomic mass is 10.2. The summed E-state index contributed by atoms with van der Waals surface area (Å²) in [7, 11) is 0. The highest BCUT2D eigenvalue weighted by atomic mass is 16.4. The number of rotatable bonds is 2. The number of amides is 2. The third-order valence-electron chi connectivity index (χ3n) is 2.34. The number of imide groups is 1. The third-order valence-corrected chi connectivity index (χ3v) is 2.34. The first kappa shape index (κ1) is 11.0. The summed E-state index contributed by atoms with van der Waals surface area (Å²) in [5, 5.41) is 8.67. The fourth-order valence-electron chi connectivity index (χ4n) is 1.57. The van der Waals surface area contributed by atoms with Crippen LogP contribution in [0.1, 0.15) is 38.4 Å². The molecule has 0 unspecified atom stereocenters. The average molecular weight is 237 g/mol. The van der Waals surface area contributed by atoms with Crippen LogP contribution in [0.5, 0.6) is 0 Å². The second-order valence-corrected chi connectivity index (χ2v) is 3.30. The summed E-state index contributed by atoms with van der Waals surface area (Å²) >= 11 is 0. The van der Waals surface area contributed by atoms with Crippen LogP contribution in [0.3, 0.4) is 0 Å². The molecule has 0 aromatic carbocycles. The van der Waals surface area contributed by atoms with E-state index in [4.69, 9.17) is 5.11 Å². The highest BCUT2D eigenvalue weighted by Crippen LogP contribution is 2.17. The molecular formula is C9H7N3O5. The second-order valence-electron chi connectivity index (χ2n) is 3.30. The van der Waals surface area contributed by atoms with Gasteiger partial charge >= 0.3 is 5.97 Å². The van der Waals surface area contributed by atoms with Crippen molar-refractivity contribution in [2.24, 2.45) is 0 Å². The molecule has 0 saturated carbocycles. The maximum absolute atomic E-state index is 11.7. The normalized spacial score (nSPS) is 14.1. The Kier molecular flexibility index (Phi) is 2.27. The van der Waals surface area contributed by atoms with E-state index in [0.29, 0.717) is 0 Å². The molecule has 0 aliphatic carbocycles. The van der Waals surface area contributed by atoms with Crippen molar-refractivity contribution in [3.8, 4) is 0 Å². The molecule has 2 heterocycles. The van der Waals surface area contributed by atoms with Gasteiger partial charge < -0.3 is 10.1 Å². The number of fused-ring (bicyclic) bond motifs is 1. The van der Waals surface area contributed by atoms with Crippen molar-refractivity contribution in [2.75, 3.05) is 6.54 Å². The summed E-state index contributed by atoms with van der Waals surface area (Å²) in [4.78, 5) is 51.7. The molecule has 2 rings (SSSR count). The van der Waals surface area contributed by atoms with Gasteiger partial charge in [-0.3, -0.25) is 19.3 Å². The third kappa shape index (κ3) is 1.41. The molecule has 1 aromatic rings. The summed E-state index contributed by atoms with van der Waals surface area (Å²) in [5.74, 6) is -3.63. The first-order valence-corrected chi connectivity index (χ1v) is 4.71. The minimum absolute atomic E-state index is 0.0931. The van der Waals surface area contributed by atoms with Gasteiger partial charge in [-0.05, 0) is 6.92 Å². The van der Waals surface area contributed by atoms with Crippen LogP contribution < -0.4 is 5.56 Å². The Bertz CT molecular complexity index is 603. The van der Waals surface area contributed by atoms with Crippen LogP contribution in [-0.4, -0.2) is 44.3 Å². The van der Waals surface area contributed by atoms with E-state index in [9.17, 15) is 19.2 Å². The Balaban J connectivity index is 2.71. The van der Waals surface area contributed by atoms with E-state index in [1.807, 2.05) is 4.98 Å². The SMILES string of the molecule is CCN1C(=O)c2nc(C(=O)O)[nH]c(=O)c2C1=O. The summed E-state index contributed by atoms with van der Waals surface area (Å²) in [6.07, 6.45) is 0. The Morgan fingerprint density at radius 2 is 2.00 bits per heavy atom. The molecule has 88 valence electrons. The fourth-order valence-corrected chi connectivity index (χ4v) is 1.57. The predicted octanol–water partition coefficient (Wildman–Crippen LogP) is -0.916. The smallest absolute Gasteiger partial charge is 0.372 e. The molecule has 2 amide bonds. The van der Waals surface area contributed by atoms with Gasteiger partial charge in [0.05, 0.1) is 0 Å². The van der Waals surface area contributed by atoms with Crippen LogP contribution in [0.2, 0.25) is 0 Å². The lowest BCUT2D eigenvalue weighted by Gasteiger charge is -2.07. The number of aromatic nitrogens is 2. The van der Waals surface area contributed by atoms with Crippen LogP contribution in [0, 0.1) is 0 Å². The lowest BCUT2D eigenvalue weighted by molar-refractivity contribution is 0.0659. The zero-order chi connectivity index (χ0) is 12.7. The molecule has 2 N–H and O–H groups in total. The molecule has 0 saturated heterocycles. The van der Waals surface area contributed by atoms with Crippen LogP contribution in [0.4, 0.5) is 0 Å². The van der Waals surface area contributed by atoms with Gasteiger partial charge in [0.25, 0.3) is 17.4 Å². The topological polar surface area (TPSA) is 120 Å². The van der Waals surface area contributed by atoms with E-state index in [-0.39, 0.29) is 6.54 Å². The number of carbonyl (C=O) groups excluding carboxylic acids is 2. The van der Waals surface area contributed by atoms with Crippen molar-refractivity contribution < 1.29 is 19.5 Å². The van der Waals surface area contributed by atoms with E-state index in [1.165, 1.54) is 0 Å². The quantitative estimate of drug-likeness (QED) is 0.642. The van der Waals surface area contributed by atoms with E-state index >= 15 is 0 Å². The van der Waals surface area contributed by atoms with Gasteiger partial charge in [-0.25, -0.2) is 9.78 Å². The summed E-state index contributed by atoms with van der Waals surface area (Å²) in [5.41, 5.74) is -1.72. The number of hydrogen-bond donors (Lipinski definition) is 2. The van der Waals surface area contributed by atoms with Crippen molar-refractivity contribution in [3.63, 3.8) is 0 Å². The van der Waals surface area contributed by atoms with Crippen molar-refractivity contribution in [1.82, 2.24) is 14.9 Å². The summed E-state index contributed by atoms with van der Waals surface area (Å²) in [6.45, 7) is 1.66. The van der Waals surface area contributed by atoms with Gasteiger partial charge in [-0.15, -0.1) is 0 Å². The minimum Gasteiger partial charge on any atom is -0.475 e. The van der Waals surface area contributed by atoms with Crippen molar-refractivity contribution in [3.05, 3.63) is 27.4 Å². The van der Waals surface area contributed by atoms with Gasteiger partial charge in [0.2, 0.25) is 5.82 Å². The molecule has 1 aliphatic rings. The van der Waals surface area contributed by atoms with E-state index in [0.717, 1.165) is 4.90 Å². The molecule has 0 radical (unpaired) electrons. The number of nitrogens with zero attached hydrogens (tertiary/aromatic N) is 2. The minimum atomic E-state index is -1.47. The number of H-pyrrole nitrogens is 1. The van der Waals surface area contributed by atoms with E-state index in [2.05, 4.69) is 4.98 Å². The van der Waals surface area contributed by atoms with Crippen LogP contribution in [0.25, 0.3) is 0 Å². The maximum Gasteiger partial charge on any atom is 0.372 e. The number of aromatic amines is 1. The Morgan fingerprint density at radius 1 is 1.35 bits per heavy atom. The Labute approximate surface area is 93.9 Å². The van der Waals surface area contributed by atoms with Crippen LogP contribution >= 0.6 is 0 Å². The summed E-state index contributed by atoms with van der Waals surface area (Å²) < 4.78 is 0. The average Bonchev–Trinajstić information content (AvgIpc) is 2.51. The molecule has 0 bridgehead atoms. The number of carboxylic acid groups (broad SMARTS) is 1. The van der Waals surface area contributed by atoms with Crippen molar-refractivity contribution in [2.45, 2.75) is 6.92 Å².